The Labute approximate surface area is 144 Å². The highest BCUT2D eigenvalue weighted by molar-refractivity contribution is 5.89. The van der Waals surface area contributed by atoms with Crippen molar-refractivity contribution in [1.82, 2.24) is 4.90 Å². The van der Waals surface area contributed by atoms with Crippen LogP contribution in [0, 0.1) is 13.8 Å². The number of aryl methyl sites for hydroxylation is 2. The number of anilines is 1. The molecule has 24 heavy (non-hydrogen) atoms. The van der Waals surface area contributed by atoms with Crippen molar-refractivity contribution in [3.63, 3.8) is 0 Å². The molecule has 1 heterocycles. The number of urea groups is 1. The van der Waals surface area contributed by atoms with Crippen LogP contribution in [0.4, 0.5) is 10.5 Å². The molecule has 3 nitrogen and oxygen atoms in total. The summed E-state index contributed by atoms with van der Waals surface area (Å²) in [5, 5.41) is 3.08. The Kier molecular flexibility index (Phi) is 5.19. The molecule has 1 aliphatic heterocycles. The highest BCUT2D eigenvalue weighted by Gasteiger charge is 2.26. The van der Waals surface area contributed by atoms with Crippen LogP contribution < -0.4 is 5.32 Å². The fourth-order valence-electron chi connectivity index (χ4n) is 3.40. The molecule has 0 bridgehead atoms. The van der Waals surface area contributed by atoms with Gasteiger partial charge in [-0.25, -0.2) is 4.79 Å². The lowest BCUT2D eigenvalue weighted by molar-refractivity contribution is 0.189. The topological polar surface area (TPSA) is 32.3 Å². The van der Waals surface area contributed by atoms with E-state index in [-0.39, 0.29) is 12.1 Å². The molecule has 1 N–H and O–H groups in total. The number of nitrogens with zero attached hydrogens (tertiary/aromatic N) is 1. The van der Waals surface area contributed by atoms with Crippen molar-refractivity contribution in [3.8, 4) is 0 Å². The third-order valence-electron chi connectivity index (χ3n) is 4.75. The smallest absolute Gasteiger partial charge is 0.317 e. The van der Waals surface area contributed by atoms with Crippen LogP contribution in [-0.2, 0) is 0 Å². The third kappa shape index (κ3) is 3.97. The Bertz CT molecular complexity index is 693. The lowest BCUT2D eigenvalue weighted by atomic mass is 10.00. The van der Waals surface area contributed by atoms with Crippen LogP contribution in [0.15, 0.2) is 48.5 Å². The summed E-state index contributed by atoms with van der Waals surface area (Å²) in [5.74, 6) is 0. The number of benzene rings is 2. The maximum absolute atomic E-state index is 12.9. The van der Waals surface area contributed by atoms with Gasteiger partial charge in [0.1, 0.15) is 0 Å². The second-order valence-electron chi connectivity index (χ2n) is 6.77. The van der Waals surface area contributed by atoms with Crippen molar-refractivity contribution in [2.45, 2.75) is 45.6 Å². The second kappa shape index (κ2) is 7.52. The van der Waals surface area contributed by atoms with Gasteiger partial charge in [0, 0.05) is 12.2 Å². The molecule has 1 saturated heterocycles. The first-order valence-corrected chi connectivity index (χ1v) is 8.84. The summed E-state index contributed by atoms with van der Waals surface area (Å²) in [6, 6.07) is 16.7. The van der Waals surface area contributed by atoms with Crippen LogP contribution in [0.5, 0.6) is 0 Å². The summed E-state index contributed by atoms with van der Waals surface area (Å²) < 4.78 is 0. The number of rotatable bonds is 2. The summed E-state index contributed by atoms with van der Waals surface area (Å²) in [6.07, 6.45) is 4.47. The van der Waals surface area contributed by atoms with Crippen molar-refractivity contribution < 1.29 is 4.79 Å². The lowest BCUT2D eigenvalue weighted by Crippen LogP contribution is -2.38. The second-order valence-corrected chi connectivity index (χ2v) is 6.77. The molecule has 3 rings (SSSR count). The predicted octanol–water partition coefficient (Wildman–Crippen LogP) is 5.45. The minimum Gasteiger partial charge on any atom is -0.317 e. The third-order valence-corrected chi connectivity index (χ3v) is 4.75. The molecule has 2 aromatic rings. The maximum Gasteiger partial charge on any atom is 0.322 e. The van der Waals surface area contributed by atoms with E-state index >= 15 is 0 Å². The number of carbonyl (C=O) groups is 1. The summed E-state index contributed by atoms with van der Waals surface area (Å²) in [4.78, 5) is 14.9. The molecular formula is C21H26N2O. The van der Waals surface area contributed by atoms with Gasteiger partial charge >= 0.3 is 6.03 Å². The highest BCUT2D eigenvalue weighted by atomic mass is 16.2. The highest BCUT2D eigenvalue weighted by Crippen LogP contribution is 2.31. The molecule has 0 aliphatic carbocycles. The van der Waals surface area contributed by atoms with Crippen LogP contribution in [-0.4, -0.2) is 17.5 Å². The van der Waals surface area contributed by atoms with Crippen LogP contribution in [0.3, 0.4) is 0 Å². The molecule has 0 saturated carbocycles. The first-order valence-electron chi connectivity index (χ1n) is 8.84. The summed E-state index contributed by atoms with van der Waals surface area (Å²) in [6.45, 7) is 4.95. The molecule has 1 aliphatic rings. The van der Waals surface area contributed by atoms with E-state index < -0.39 is 0 Å². The standard InChI is InChI=1S/C21H26N2O/c1-16-10-12-18(13-11-16)20-9-4-3-5-14-23(20)21(24)22-19-8-6-7-17(2)15-19/h6-8,10-13,15,20H,3-5,9,14H2,1-2H3,(H,22,24)/t20-/m0/s1. The van der Waals surface area contributed by atoms with Gasteiger partial charge in [-0.2, -0.15) is 0 Å². The van der Waals surface area contributed by atoms with E-state index in [0.717, 1.165) is 30.6 Å². The van der Waals surface area contributed by atoms with Crippen molar-refractivity contribution >= 4 is 11.7 Å². The van der Waals surface area contributed by atoms with Gasteiger partial charge in [0.2, 0.25) is 0 Å². The maximum atomic E-state index is 12.9. The number of hydrogen-bond donors (Lipinski definition) is 1. The van der Waals surface area contributed by atoms with Gasteiger partial charge in [0.05, 0.1) is 6.04 Å². The van der Waals surface area contributed by atoms with Crippen LogP contribution >= 0.6 is 0 Å². The zero-order valence-electron chi connectivity index (χ0n) is 14.6. The summed E-state index contributed by atoms with van der Waals surface area (Å²) >= 11 is 0. The van der Waals surface area contributed by atoms with Gasteiger partial charge in [-0.05, 0) is 49.9 Å². The Balaban J connectivity index is 1.81. The molecule has 0 aromatic heterocycles. The number of likely N-dealkylation sites (tertiary alicyclic amines) is 1. The molecule has 2 aromatic carbocycles. The van der Waals surface area contributed by atoms with Gasteiger partial charge in [0.25, 0.3) is 0 Å². The quantitative estimate of drug-likeness (QED) is 0.783. The average Bonchev–Trinajstić information content (AvgIpc) is 2.81. The van der Waals surface area contributed by atoms with E-state index in [1.54, 1.807) is 0 Å². The Morgan fingerprint density at radius 1 is 1.00 bits per heavy atom. The van der Waals surface area contributed by atoms with E-state index in [4.69, 9.17) is 0 Å². The van der Waals surface area contributed by atoms with E-state index in [1.807, 2.05) is 36.1 Å². The number of nitrogens with one attached hydrogen (secondary N) is 1. The van der Waals surface area contributed by atoms with Crippen molar-refractivity contribution in [2.24, 2.45) is 0 Å². The van der Waals surface area contributed by atoms with Crippen LogP contribution in [0.2, 0.25) is 0 Å². The van der Waals surface area contributed by atoms with Gasteiger partial charge in [-0.1, -0.05) is 54.8 Å². The Hall–Kier alpha value is -2.29. The van der Waals surface area contributed by atoms with E-state index in [9.17, 15) is 4.79 Å². The zero-order valence-corrected chi connectivity index (χ0v) is 14.6. The molecule has 2 amide bonds. The molecule has 0 spiro atoms. The van der Waals surface area contributed by atoms with Crippen molar-refractivity contribution in [3.05, 3.63) is 65.2 Å². The van der Waals surface area contributed by atoms with Crippen molar-refractivity contribution in [2.75, 3.05) is 11.9 Å². The van der Waals surface area contributed by atoms with Gasteiger partial charge in [-0.15, -0.1) is 0 Å². The van der Waals surface area contributed by atoms with E-state index in [0.29, 0.717) is 0 Å². The van der Waals surface area contributed by atoms with E-state index in [2.05, 4.69) is 36.5 Å². The molecule has 1 fully saturated rings. The molecule has 0 radical (unpaired) electrons. The minimum absolute atomic E-state index is 0.00748. The average molecular weight is 322 g/mol. The first kappa shape index (κ1) is 16.6. The molecule has 1 atom stereocenters. The van der Waals surface area contributed by atoms with Gasteiger partial charge < -0.3 is 10.2 Å². The monoisotopic (exact) mass is 322 g/mol. The normalized spacial score (nSPS) is 18.1. The molecular weight excluding hydrogens is 296 g/mol. The first-order chi connectivity index (χ1) is 11.6. The summed E-state index contributed by atoms with van der Waals surface area (Å²) in [7, 11) is 0. The summed E-state index contributed by atoms with van der Waals surface area (Å²) in [5.41, 5.74) is 4.51. The predicted molar refractivity (Wildman–Crippen MR) is 99.3 cm³/mol. The van der Waals surface area contributed by atoms with Crippen LogP contribution in [0.25, 0.3) is 0 Å². The number of hydrogen-bond acceptors (Lipinski definition) is 1. The lowest BCUT2D eigenvalue weighted by Gasteiger charge is -2.30. The minimum atomic E-state index is 0.00748. The number of amides is 2. The SMILES string of the molecule is Cc1ccc([C@@H]2CCCCCN2C(=O)Nc2cccc(C)c2)cc1. The Morgan fingerprint density at radius 3 is 2.54 bits per heavy atom. The van der Waals surface area contributed by atoms with Gasteiger partial charge in [-0.3, -0.25) is 0 Å². The molecule has 3 heteroatoms. The van der Waals surface area contributed by atoms with Gasteiger partial charge in [0.15, 0.2) is 0 Å². The fraction of sp³-hybridized carbons (Fsp3) is 0.381. The van der Waals surface area contributed by atoms with Crippen molar-refractivity contribution in [1.29, 1.82) is 0 Å². The largest absolute Gasteiger partial charge is 0.322 e. The molecule has 126 valence electrons. The Morgan fingerprint density at radius 2 is 1.79 bits per heavy atom. The zero-order chi connectivity index (χ0) is 16.9. The van der Waals surface area contributed by atoms with Crippen LogP contribution in [0.1, 0.15) is 48.4 Å². The number of carbonyl (C=O) groups excluding carboxylic acids is 1. The fourth-order valence-corrected chi connectivity index (χ4v) is 3.40. The molecule has 0 unspecified atom stereocenters. The van der Waals surface area contributed by atoms with E-state index in [1.165, 1.54) is 24.0 Å².